The minimum absolute atomic E-state index is 0. The number of halogens is 2. The van der Waals surface area contributed by atoms with Crippen molar-refractivity contribution in [1.29, 1.82) is 0 Å². The van der Waals surface area contributed by atoms with Crippen LogP contribution in [0, 0.1) is 5.82 Å². The number of nitrogens with one attached hydrogen (secondary N) is 2. The first-order valence-electron chi connectivity index (χ1n) is 9.07. The van der Waals surface area contributed by atoms with E-state index >= 15 is 0 Å². The summed E-state index contributed by atoms with van der Waals surface area (Å²) in [5, 5.41) is 6.41. The van der Waals surface area contributed by atoms with Gasteiger partial charge in [-0.2, -0.15) is 0 Å². The summed E-state index contributed by atoms with van der Waals surface area (Å²) in [5.41, 5.74) is 2.31. The zero-order valence-corrected chi connectivity index (χ0v) is 18.9. The molecule has 152 valence electrons. The topological polar surface area (TPSA) is 56.7 Å². The van der Waals surface area contributed by atoms with Crippen LogP contribution in [0.15, 0.2) is 53.5 Å². The van der Waals surface area contributed by atoms with Gasteiger partial charge in [0.25, 0.3) is 5.91 Å². The number of nitrogens with zero attached hydrogens (tertiary/aromatic N) is 2. The molecule has 5 nitrogen and oxygen atoms in total. The van der Waals surface area contributed by atoms with E-state index in [1.807, 2.05) is 31.2 Å². The van der Waals surface area contributed by atoms with E-state index in [-0.39, 0.29) is 42.2 Å². The molecule has 0 bridgehead atoms. The Morgan fingerprint density at radius 3 is 2.54 bits per heavy atom. The van der Waals surface area contributed by atoms with Gasteiger partial charge in [-0.05, 0) is 37.1 Å². The lowest BCUT2D eigenvalue weighted by molar-refractivity contribution is 0.0827. The molecule has 0 aromatic heterocycles. The minimum Gasteiger partial charge on any atom is -0.357 e. The van der Waals surface area contributed by atoms with Crippen molar-refractivity contribution in [2.75, 3.05) is 27.2 Å². The van der Waals surface area contributed by atoms with Gasteiger partial charge in [-0.15, -0.1) is 24.0 Å². The number of guanidine groups is 1. The van der Waals surface area contributed by atoms with Crippen molar-refractivity contribution in [1.82, 2.24) is 15.5 Å². The number of amides is 1. The number of benzene rings is 2. The summed E-state index contributed by atoms with van der Waals surface area (Å²) in [7, 11) is 3.48. The summed E-state index contributed by atoms with van der Waals surface area (Å²) in [6.45, 7) is 3.63. The standard InChI is InChI=1S/C21H27FN4O.HI/c1-4-23-21(25-15-18-9-5-6-11-19(18)22)24-13-12-16-8-7-10-17(14-16)20(27)26(2)3;/h5-11,14H,4,12-13,15H2,1-3H3,(H2,23,24,25);1H. The molecule has 0 atom stereocenters. The summed E-state index contributed by atoms with van der Waals surface area (Å²) in [4.78, 5) is 18.1. The molecule has 2 aromatic carbocycles. The van der Waals surface area contributed by atoms with E-state index in [9.17, 15) is 9.18 Å². The molecule has 2 aromatic rings. The fourth-order valence-corrected chi connectivity index (χ4v) is 2.58. The largest absolute Gasteiger partial charge is 0.357 e. The molecule has 2 rings (SSSR count). The van der Waals surface area contributed by atoms with E-state index in [0.29, 0.717) is 23.6 Å². The molecular weight excluding hydrogens is 470 g/mol. The Hall–Kier alpha value is -2.16. The smallest absolute Gasteiger partial charge is 0.253 e. The first kappa shape index (κ1) is 23.9. The van der Waals surface area contributed by atoms with Gasteiger partial charge in [-0.1, -0.05) is 30.3 Å². The van der Waals surface area contributed by atoms with Crippen LogP contribution in [0.1, 0.15) is 28.4 Å². The highest BCUT2D eigenvalue weighted by molar-refractivity contribution is 14.0. The van der Waals surface area contributed by atoms with Crippen LogP contribution >= 0.6 is 24.0 Å². The lowest BCUT2D eigenvalue weighted by atomic mass is 10.1. The number of rotatable bonds is 7. The molecule has 2 N–H and O–H groups in total. The fraction of sp³-hybridized carbons (Fsp3) is 0.333. The quantitative estimate of drug-likeness (QED) is 0.350. The van der Waals surface area contributed by atoms with Crippen molar-refractivity contribution in [3.05, 3.63) is 71.0 Å². The molecule has 0 saturated carbocycles. The van der Waals surface area contributed by atoms with E-state index in [2.05, 4.69) is 15.6 Å². The van der Waals surface area contributed by atoms with Crippen LogP contribution in [0.25, 0.3) is 0 Å². The van der Waals surface area contributed by atoms with Gasteiger partial charge in [0.15, 0.2) is 5.96 Å². The highest BCUT2D eigenvalue weighted by Gasteiger charge is 2.08. The molecule has 0 saturated heterocycles. The molecule has 0 heterocycles. The normalized spacial score (nSPS) is 10.8. The first-order valence-corrected chi connectivity index (χ1v) is 9.07. The van der Waals surface area contributed by atoms with E-state index in [1.54, 1.807) is 37.2 Å². The molecule has 28 heavy (non-hydrogen) atoms. The van der Waals surface area contributed by atoms with Crippen molar-refractivity contribution in [3.63, 3.8) is 0 Å². The third-order valence-corrected chi connectivity index (χ3v) is 4.00. The van der Waals surface area contributed by atoms with Gasteiger partial charge in [0.1, 0.15) is 5.82 Å². The van der Waals surface area contributed by atoms with Gasteiger partial charge in [0, 0.05) is 38.3 Å². The Kier molecular flexibility index (Phi) is 10.5. The Bertz CT molecular complexity index is 795. The first-order chi connectivity index (χ1) is 13.0. The average molecular weight is 498 g/mol. The van der Waals surface area contributed by atoms with Gasteiger partial charge in [0.2, 0.25) is 0 Å². The maximum absolute atomic E-state index is 13.7. The third kappa shape index (κ3) is 7.46. The number of carbonyl (C=O) groups excluding carboxylic acids is 1. The Balaban J connectivity index is 0.00000392. The predicted octanol–water partition coefficient (Wildman–Crippen LogP) is 3.44. The maximum Gasteiger partial charge on any atom is 0.253 e. The van der Waals surface area contributed by atoms with Crippen LogP contribution in [0.5, 0.6) is 0 Å². The zero-order valence-electron chi connectivity index (χ0n) is 16.5. The molecule has 0 radical (unpaired) electrons. The van der Waals surface area contributed by atoms with Gasteiger partial charge in [-0.3, -0.25) is 4.79 Å². The highest BCUT2D eigenvalue weighted by atomic mass is 127. The Morgan fingerprint density at radius 1 is 1.11 bits per heavy atom. The van der Waals surface area contributed by atoms with Crippen LogP contribution in [0.3, 0.4) is 0 Å². The SMILES string of the molecule is CCNC(=NCc1ccccc1F)NCCc1cccc(C(=O)N(C)C)c1.I. The molecule has 0 unspecified atom stereocenters. The summed E-state index contributed by atoms with van der Waals surface area (Å²) in [6, 6.07) is 14.3. The molecule has 0 aliphatic carbocycles. The second kappa shape index (κ2) is 12.3. The van der Waals surface area contributed by atoms with E-state index < -0.39 is 0 Å². The summed E-state index contributed by atoms with van der Waals surface area (Å²) in [6.07, 6.45) is 0.749. The Morgan fingerprint density at radius 2 is 1.86 bits per heavy atom. The monoisotopic (exact) mass is 498 g/mol. The van der Waals surface area contributed by atoms with Gasteiger partial charge in [0.05, 0.1) is 6.54 Å². The molecule has 0 fully saturated rings. The second-order valence-corrected chi connectivity index (χ2v) is 6.36. The molecule has 0 spiro atoms. The van der Waals surface area contributed by atoms with Crippen molar-refractivity contribution in [2.24, 2.45) is 4.99 Å². The lowest BCUT2D eigenvalue weighted by Crippen LogP contribution is -2.38. The molecule has 1 amide bonds. The summed E-state index contributed by atoms with van der Waals surface area (Å²) in [5.74, 6) is 0.380. The highest BCUT2D eigenvalue weighted by Crippen LogP contribution is 2.08. The molecule has 0 aliphatic rings. The molecule has 7 heteroatoms. The van der Waals surface area contributed by atoms with E-state index in [1.165, 1.54) is 6.07 Å². The number of carbonyl (C=O) groups is 1. The van der Waals surface area contributed by atoms with Crippen LogP contribution < -0.4 is 10.6 Å². The minimum atomic E-state index is -0.250. The van der Waals surface area contributed by atoms with Gasteiger partial charge < -0.3 is 15.5 Å². The molecular formula is C21H28FIN4O. The van der Waals surface area contributed by atoms with Gasteiger partial charge >= 0.3 is 0 Å². The van der Waals surface area contributed by atoms with Crippen molar-refractivity contribution < 1.29 is 9.18 Å². The Labute approximate surface area is 183 Å². The third-order valence-electron chi connectivity index (χ3n) is 4.00. The summed E-state index contributed by atoms with van der Waals surface area (Å²) >= 11 is 0. The summed E-state index contributed by atoms with van der Waals surface area (Å²) < 4.78 is 13.7. The molecule has 0 aliphatic heterocycles. The van der Waals surface area contributed by atoms with Gasteiger partial charge in [-0.25, -0.2) is 9.38 Å². The average Bonchev–Trinajstić information content (AvgIpc) is 2.66. The number of aliphatic imine (C=N–C) groups is 1. The van der Waals surface area contributed by atoms with Crippen LogP contribution in [0.4, 0.5) is 4.39 Å². The van der Waals surface area contributed by atoms with Crippen LogP contribution in [-0.4, -0.2) is 44.0 Å². The fourth-order valence-electron chi connectivity index (χ4n) is 2.58. The van der Waals surface area contributed by atoms with Crippen LogP contribution in [-0.2, 0) is 13.0 Å². The number of hydrogen-bond donors (Lipinski definition) is 2. The zero-order chi connectivity index (χ0) is 19.6. The van der Waals surface area contributed by atoms with Crippen molar-refractivity contribution in [3.8, 4) is 0 Å². The van der Waals surface area contributed by atoms with E-state index in [0.717, 1.165) is 18.5 Å². The number of hydrogen-bond acceptors (Lipinski definition) is 2. The van der Waals surface area contributed by atoms with Crippen molar-refractivity contribution in [2.45, 2.75) is 19.9 Å². The predicted molar refractivity (Wildman–Crippen MR) is 123 cm³/mol. The van der Waals surface area contributed by atoms with Crippen molar-refractivity contribution >= 4 is 35.8 Å². The lowest BCUT2D eigenvalue weighted by Gasteiger charge is -2.13. The van der Waals surface area contributed by atoms with Crippen LogP contribution in [0.2, 0.25) is 0 Å². The second-order valence-electron chi connectivity index (χ2n) is 6.36. The maximum atomic E-state index is 13.7. The van der Waals surface area contributed by atoms with E-state index in [4.69, 9.17) is 0 Å².